The van der Waals surface area contributed by atoms with Gasteiger partial charge in [-0.15, -0.1) is 0 Å². The van der Waals surface area contributed by atoms with Gasteiger partial charge in [0.2, 0.25) is 11.8 Å². The second kappa shape index (κ2) is 8.24. The molecule has 8 nitrogen and oxygen atoms in total. The van der Waals surface area contributed by atoms with E-state index in [9.17, 15) is 14.4 Å². The summed E-state index contributed by atoms with van der Waals surface area (Å²) in [5, 5.41) is 6.26. The number of rotatable bonds is 6. The molecule has 10 heteroatoms. The van der Waals surface area contributed by atoms with Crippen molar-refractivity contribution in [2.75, 3.05) is 5.32 Å². The normalized spacial score (nSPS) is 10.7. The van der Waals surface area contributed by atoms with Crippen LogP contribution >= 0.6 is 23.2 Å². The van der Waals surface area contributed by atoms with E-state index < -0.39 is 0 Å². The zero-order chi connectivity index (χ0) is 19.4. The molecule has 0 aliphatic carbocycles. The Labute approximate surface area is 163 Å². The van der Waals surface area contributed by atoms with Crippen molar-refractivity contribution in [1.29, 1.82) is 0 Å². The first-order valence-corrected chi connectivity index (χ1v) is 8.76. The van der Waals surface area contributed by atoms with Crippen LogP contribution in [0.15, 0.2) is 35.1 Å². The van der Waals surface area contributed by atoms with E-state index >= 15 is 0 Å². The Morgan fingerprint density at radius 1 is 1.04 bits per heavy atom. The number of hydrogen-bond acceptors (Lipinski definition) is 4. The lowest BCUT2D eigenvalue weighted by molar-refractivity contribution is -0.124. The molecule has 3 aromatic rings. The highest BCUT2D eigenvalue weighted by Gasteiger charge is 2.10. The summed E-state index contributed by atoms with van der Waals surface area (Å²) >= 11 is 11.9. The van der Waals surface area contributed by atoms with Crippen LogP contribution in [-0.4, -0.2) is 26.8 Å². The van der Waals surface area contributed by atoms with Gasteiger partial charge in [-0.3, -0.25) is 14.6 Å². The summed E-state index contributed by atoms with van der Waals surface area (Å²) in [5.74, 6) is -0.356. The van der Waals surface area contributed by atoms with E-state index in [2.05, 4.69) is 25.6 Å². The Balaban J connectivity index is 1.47. The van der Waals surface area contributed by atoms with Crippen LogP contribution in [0.2, 0.25) is 10.0 Å². The highest BCUT2D eigenvalue weighted by atomic mass is 35.5. The number of pyridine rings is 1. The maximum absolute atomic E-state index is 12.0. The van der Waals surface area contributed by atoms with Gasteiger partial charge < -0.3 is 15.6 Å². The molecular weight excluding hydrogens is 393 g/mol. The smallest absolute Gasteiger partial charge is 0.325 e. The Morgan fingerprint density at radius 3 is 2.59 bits per heavy atom. The third-order valence-corrected chi connectivity index (χ3v) is 4.30. The molecule has 2 heterocycles. The van der Waals surface area contributed by atoms with Gasteiger partial charge in [0.1, 0.15) is 5.82 Å². The largest absolute Gasteiger partial charge is 0.352 e. The second-order valence-electron chi connectivity index (χ2n) is 5.73. The van der Waals surface area contributed by atoms with Crippen LogP contribution in [0, 0.1) is 0 Å². The zero-order valence-electron chi connectivity index (χ0n) is 13.9. The third kappa shape index (κ3) is 5.08. The quantitative estimate of drug-likeness (QED) is 0.501. The number of carbonyl (C=O) groups excluding carboxylic acids is 2. The van der Waals surface area contributed by atoms with Crippen molar-refractivity contribution in [2.24, 2.45) is 0 Å². The number of H-pyrrole nitrogens is 2. The number of amides is 2. The molecule has 140 valence electrons. The van der Waals surface area contributed by atoms with Crippen molar-refractivity contribution in [2.45, 2.75) is 19.4 Å². The molecule has 0 fully saturated rings. The number of aromatic amines is 2. The summed E-state index contributed by atoms with van der Waals surface area (Å²) in [7, 11) is 0. The molecule has 27 heavy (non-hydrogen) atoms. The summed E-state index contributed by atoms with van der Waals surface area (Å²) < 4.78 is 0. The van der Waals surface area contributed by atoms with Crippen LogP contribution < -0.4 is 16.3 Å². The number of imidazole rings is 1. The molecule has 0 saturated carbocycles. The fraction of sp³-hybridized carbons (Fsp3) is 0.176. The van der Waals surface area contributed by atoms with Crippen LogP contribution in [0.4, 0.5) is 5.82 Å². The van der Waals surface area contributed by atoms with Crippen LogP contribution in [0.5, 0.6) is 0 Å². The Morgan fingerprint density at radius 2 is 1.81 bits per heavy atom. The molecule has 0 radical (unpaired) electrons. The standard InChI is InChI=1S/C17H15Cl2N5O3/c18-10-2-1-9(11(19)7-10)8-20-14(25)5-6-15(26)22-13-4-3-12-16(23-13)24-17(27)21-12/h1-4,7H,5-6,8H2,(H,20,25)(H3,21,22,23,24,26,27). The molecule has 0 unspecified atom stereocenters. The number of hydrogen-bond donors (Lipinski definition) is 4. The number of anilines is 1. The minimum atomic E-state index is -0.376. The molecule has 3 rings (SSSR count). The molecule has 0 saturated heterocycles. The molecule has 4 N–H and O–H groups in total. The first kappa shape index (κ1) is 18.9. The first-order valence-electron chi connectivity index (χ1n) is 8.00. The number of fused-ring (bicyclic) bond motifs is 1. The Hall–Kier alpha value is -2.84. The molecule has 0 spiro atoms. The SMILES string of the molecule is O=C(CCC(=O)Nc1ccc2[nH]c(=O)[nH]c2n1)NCc1ccc(Cl)cc1Cl. The highest BCUT2D eigenvalue weighted by Crippen LogP contribution is 2.20. The molecular formula is C17H15Cl2N5O3. The van der Waals surface area contributed by atoms with Gasteiger partial charge in [0, 0.05) is 29.4 Å². The van der Waals surface area contributed by atoms with Gasteiger partial charge in [-0.1, -0.05) is 29.3 Å². The number of nitrogens with zero attached hydrogens (tertiary/aromatic N) is 1. The van der Waals surface area contributed by atoms with E-state index in [1.807, 2.05) is 0 Å². The van der Waals surface area contributed by atoms with Gasteiger partial charge in [-0.2, -0.15) is 0 Å². The summed E-state index contributed by atoms with van der Waals surface area (Å²) in [5.41, 5.74) is 1.24. The minimum absolute atomic E-state index is 0.0104. The fourth-order valence-corrected chi connectivity index (χ4v) is 2.84. The predicted molar refractivity (Wildman–Crippen MR) is 103 cm³/mol. The van der Waals surface area contributed by atoms with Crippen LogP contribution in [-0.2, 0) is 16.1 Å². The van der Waals surface area contributed by atoms with Crippen molar-refractivity contribution in [3.05, 3.63) is 56.4 Å². The maximum Gasteiger partial charge on any atom is 0.325 e. The molecule has 1 aromatic carbocycles. The van der Waals surface area contributed by atoms with E-state index in [0.717, 1.165) is 5.56 Å². The number of nitrogens with one attached hydrogen (secondary N) is 4. The van der Waals surface area contributed by atoms with Crippen molar-refractivity contribution >= 4 is 52.0 Å². The summed E-state index contributed by atoms with van der Waals surface area (Å²) in [6.07, 6.45) is 0.00380. The van der Waals surface area contributed by atoms with Crippen molar-refractivity contribution in [3.63, 3.8) is 0 Å². The Kier molecular flexibility index (Phi) is 5.78. The van der Waals surface area contributed by atoms with Gasteiger partial charge in [0.05, 0.1) is 5.52 Å². The lowest BCUT2D eigenvalue weighted by Gasteiger charge is -2.08. The van der Waals surface area contributed by atoms with Crippen LogP contribution in [0.25, 0.3) is 11.2 Å². The van der Waals surface area contributed by atoms with E-state index in [0.29, 0.717) is 21.2 Å². The summed E-state index contributed by atoms with van der Waals surface area (Å²) in [4.78, 5) is 44.3. The van der Waals surface area contributed by atoms with Gasteiger partial charge in [0.15, 0.2) is 5.65 Å². The number of aromatic nitrogens is 3. The monoisotopic (exact) mass is 407 g/mol. The van der Waals surface area contributed by atoms with E-state index in [1.165, 1.54) is 0 Å². The maximum atomic E-state index is 12.0. The van der Waals surface area contributed by atoms with Crippen LogP contribution in [0.1, 0.15) is 18.4 Å². The average Bonchev–Trinajstić information content (AvgIpc) is 2.98. The topological polar surface area (TPSA) is 120 Å². The van der Waals surface area contributed by atoms with Gasteiger partial charge >= 0.3 is 5.69 Å². The van der Waals surface area contributed by atoms with Crippen LogP contribution in [0.3, 0.4) is 0 Å². The van der Waals surface area contributed by atoms with E-state index in [1.54, 1.807) is 30.3 Å². The molecule has 2 aromatic heterocycles. The predicted octanol–water partition coefficient (Wildman–Crippen LogP) is 2.59. The van der Waals surface area contributed by atoms with E-state index in [4.69, 9.17) is 23.2 Å². The molecule has 2 amide bonds. The lowest BCUT2D eigenvalue weighted by Crippen LogP contribution is -2.24. The molecule has 0 bridgehead atoms. The number of carbonyl (C=O) groups is 2. The second-order valence-corrected chi connectivity index (χ2v) is 6.58. The molecule has 0 aliphatic heterocycles. The zero-order valence-corrected chi connectivity index (χ0v) is 15.4. The van der Waals surface area contributed by atoms with Crippen molar-refractivity contribution < 1.29 is 9.59 Å². The lowest BCUT2D eigenvalue weighted by atomic mass is 10.2. The van der Waals surface area contributed by atoms with E-state index in [-0.39, 0.29) is 42.7 Å². The van der Waals surface area contributed by atoms with Crippen molar-refractivity contribution in [1.82, 2.24) is 20.3 Å². The Bertz CT molecular complexity index is 1060. The van der Waals surface area contributed by atoms with Gasteiger partial charge in [-0.05, 0) is 29.8 Å². The van der Waals surface area contributed by atoms with Crippen molar-refractivity contribution in [3.8, 4) is 0 Å². The number of halogens is 2. The summed E-state index contributed by atoms with van der Waals surface area (Å²) in [6, 6.07) is 8.19. The minimum Gasteiger partial charge on any atom is -0.352 e. The number of benzene rings is 1. The fourth-order valence-electron chi connectivity index (χ4n) is 2.37. The first-order chi connectivity index (χ1) is 12.9. The van der Waals surface area contributed by atoms with Gasteiger partial charge in [-0.25, -0.2) is 9.78 Å². The molecule has 0 atom stereocenters. The average molecular weight is 408 g/mol. The summed E-state index contributed by atoms with van der Waals surface area (Å²) in [6.45, 7) is 0.246. The van der Waals surface area contributed by atoms with Gasteiger partial charge in [0.25, 0.3) is 0 Å². The molecule has 0 aliphatic rings. The highest BCUT2D eigenvalue weighted by molar-refractivity contribution is 6.35. The third-order valence-electron chi connectivity index (χ3n) is 3.71.